The number of nitrogens with one attached hydrogen (secondary N) is 1. The molecule has 120 valence electrons. The van der Waals surface area contributed by atoms with Crippen LogP contribution in [0.25, 0.3) is 0 Å². The first kappa shape index (κ1) is 16.3. The minimum atomic E-state index is -4.47. The molecule has 9 heteroatoms. The molecule has 0 bridgehead atoms. The minimum Gasteiger partial charge on any atom is -0.393 e. The maximum atomic E-state index is 12.4. The van der Waals surface area contributed by atoms with Crippen LogP contribution in [0.2, 0.25) is 0 Å². The first-order valence-electron chi connectivity index (χ1n) is 6.21. The highest BCUT2D eigenvalue weighted by molar-refractivity contribution is 6.05. The molecule has 2 aromatic carbocycles. The van der Waals surface area contributed by atoms with Crippen molar-refractivity contribution in [3.8, 4) is 0 Å². The molecule has 23 heavy (non-hydrogen) atoms. The third kappa shape index (κ3) is 3.76. The highest BCUT2D eigenvalue weighted by Crippen LogP contribution is 2.30. The largest absolute Gasteiger partial charge is 0.416 e. The number of carbonyl (C=O) groups is 1. The van der Waals surface area contributed by atoms with Crippen LogP contribution in [0.15, 0.2) is 42.5 Å². The van der Waals surface area contributed by atoms with E-state index in [1.54, 1.807) is 0 Å². The minimum absolute atomic E-state index is 0.0363. The number of halogens is 3. The molecule has 0 saturated heterocycles. The number of carbonyl (C=O) groups excluding carboxylic acids is 1. The Morgan fingerprint density at radius 2 is 1.74 bits per heavy atom. The number of alkyl halides is 3. The number of hydrogen-bond donors (Lipinski definition) is 2. The van der Waals surface area contributed by atoms with Gasteiger partial charge in [0, 0.05) is 17.3 Å². The number of nitrogens with zero attached hydrogens (tertiary/aromatic N) is 1. The Morgan fingerprint density at radius 1 is 1.13 bits per heavy atom. The van der Waals surface area contributed by atoms with E-state index in [1.165, 1.54) is 12.1 Å². The molecule has 0 unspecified atom stereocenters. The zero-order valence-electron chi connectivity index (χ0n) is 11.4. The monoisotopic (exact) mass is 325 g/mol. The summed E-state index contributed by atoms with van der Waals surface area (Å²) in [6.07, 6.45) is -4.47. The lowest BCUT2D eigenvalue weighted by molar-refractivity contribution is -0.383. The van der Waals surface area contributed by atoms with Gasteiger partial charge in [-0.1, -0.05) is 0 Å². The molecule has 0 radical (unpaired) electrons. The maximum Gasteiger partial charge on any atom is 0.416 e. The molecule has 0 aromatic heterocycles. The molecule has 6 nitrogen and oxygen atoms in total. The number of hydrogen-bond acceptors (Lipinski definition) is 4. The van der Waals surface area contributed by atoms with Gasteiger partial charge in [-0.25, -0.2) is 0 Å². The third-order valence-corrected chi connectivity index (χ3v) is 2.96. The third-order valence-electron chi connectivity index (χ3n) is 2.96. The summed E-state index contributed by atoms with van der Waals surface area (Å²) >= 11 is 0. The average Bonchev–Trinajstić information content (AvgIpc) is 2.47. The number of nitro benzene ring substituents is 1. The first-order valence-corrected chi connectivity index (χ1v) is 6.21. The van der Waals surface area contributed by atoms with Crippen LogP contribution in [-0.4, -0.2) is 10.8 Å². The lowest BCUT2D eigenvalue weighted by atomic mass is 10.1. The Balaban J connectivity index is 2.19. The second-order valence-corrected chi connectivity index (χ2v) is 4.56. The van der Waals surface area contributed by atoms with E-state index in [2.05, 4.69) is 5.32 Å². The molecule has 0 aliphatic carbocycles. The van der Waals surface area contributed by atoms with Crippen LogP contribution in [-0.2, 0) is 6.18 Å². The predicted molar refractivity (Wildman–Crippen MR) is 76.9 cm³/mol. The molecule has 0 atom stereocenters. The summed E-state index contributed by atoms with van der Waals surface area (Å²) in [6, 6.07) is 7.30. The van der Waals surface area contributed by atoms with Crippen molar-refractivity contribution < 1.29 is 22.9 Å². The maximum absolute atomic E-state index is 12.4. The summed E-state index contributed by atoms with van der Waals surface area (Å²) < 4.78 is 37.3. The summed E-state index contributed by atoms with van der Waals surface area (Å²) in [5.74, 6) is -0.701. The Hall–Kier alpha value is -3.10. The van der Waals surface area contributed by atoms with Crippen LogP contribution >= 0.6 is 0 Å². The highest BCUT2D eigenvalue weighted by Gasteiger charge is 2.30. The van der Waals surface area contributed by atoms with E-state index in [4.69, 9.17) is 5.73 Å². The SMILES string of the molecule is Nc1ccc(C(=O)Nc2ccc(C(F)(F)F)cc2)cc1[N+](=O)[O-]. The van der Waals surface area contributed by atoms with Crippen molar-refractivity contribution in [3.63, 3.8) is 0 Å². The summed E-state index contributed by atoms with van der Waals surface area (Å²) in [6.45, 7) is 0. The van der Waals surface area contributed by atoms with Crippen LogP contribution in [0.5, 0.6) is 0 Å². The van der Waals surface area contributed by atoms with E-state index in [9.17, 15) is 28.1 Å². The van der Waals surface area contributed by atoms with Crippen LogP contribution in [0.4, 0.5) is 30.2 Å². The zero-order chi connectivity index (χ0) is 17.2. The molecule has 0 fully saturated rings. The fraction of sp³-hybridized carbons (Fsp3) is 0.0714. The quantitative estimate of drug-likeness (QED) is 0.513. The second-order valence-electron chi connectivity index (χ2n) is 4.56. The Bertz CT molecular complexity index is 758. The van der Waals surface area contributed by atoms with E-state index >= 15 is 0 Å². The predicted octanol–water partition coefficient (Wildman–Crippen LogP) is 3.45. The number of nitrogen functional groups attached to an aromatic ring is 1. The molecule has 1 amide bonds. The van der Waals surface area contributed by atoms with Gasteiger partial charge >= 0.3 is 6.18 Å². The fourth-order valence-corrected chi connectivity index (χ4v) is 1.79. The number of nitro groups is 1. The van der Waals surface area contributed by atoms with Crippen molar-refractivity contribution in [1.29, 1.82) is 0 Å². The summed E-state index contributed by atoms with van der Waals surface area (Å²) in [5, 5.41) is 13.1. The van der Waals surface area contributed by atoms with Crippen LogP contribution in [0.3, 0.4) is 0 Å². The van der Waals surface area contributed by atoms with Crippen molar-refractivity contribution in [3.05, 3.63) is 63.7 Å². The van der Waals surface area contributed by atoms with Crippen LogP contribution in [0.1, 0.15) is 15.9 Å². The second kappa shape index (κ2) is 5.95. The van der Waals surface area contributed by atoms with E-state index < -0.39 is 28.3 Å². The van der Waals surface area contributed by atoms with Crippen LogP contribution in [0, 0.1) is 10.1 Å². The molecule has 0 heterocycles. The van der Waals surface area contributed by atoms with Gasteiger partial charge in [-0.2, -0.15) is 13.2 Å². The molecular formula is C14H10F3N3O3. The Labute approximate surface area is 127 Å². The van der Waals surface area contributed by atoms with E-state index in [1.807, 2.05) is 0 Å². The van der Waals surface area contributed by atoms with Crippen molar-refractivity contribution in [1.82, 2.24) is 0 Å². The normalized spacial score (nSPS) is 11.1. The van der Waals surface area contributed by atoms with Crippen molar-refractivity contribution in [2.24, 2.45) is 0 Å². The number of rotatable bonds is 3. The fourth-order valence-electron chi connectivity index (χ4n) is 1.79. The molecule has 3 N–H and O–H groups in total. The molecule has 2 aromatic rings. The van der Waals surface area contributed by atoms with Crippen molar-refractivity contribution >= 4 is 23.0 Å². The number of nitrogens with two attached hydrogens (primary N) is 1. The summed E-state index contributed by atoms with van der Waals surface area (Å²) in [7, 11) is 0. The van der Waals surface area contributed by atoms with Gasteiger partial charge in [-0.3, -0.25) is 14.9 Å². The van der Waals surface area contributed by atoms with Gasteiger partial charge in [0.05, 0.1) is 10.5 Å². The molecule has 0 saturated carbocycles. The summed E-state index contributed by atoms with van der Waals surface area (Å²) in [4.78, 5) is 22.0. The van der Waals surface area contributed by atoms with Gasteiger partial charge in [0.25, 0.3) is 11.6 Å². The van der Waals surface area contributed by atoms with E-state index in [-0.39, 0.29) is 16.9 Å². The van der Waals surface area contributed by atoms with Gasteiger partial charge < -0.3 is 11.1 Å². The molecule has 0 aliphatic heterocycles. The number of benzene rings is 2. The Morgan fingerprint density at radius 3 is 2.26 bits per heavy atom. The summed E-state index contributed by atoms with van der Waals surface area (Å²) in [5.41, 5.74) is 4.14. The van der Waals surface area contributed by atoms with E-state index in [0.29, 0.717) is 0 Å². The van der Waals surface area contributed by atoms with Gasteiger partial charge in [0.15, 0.2) is 0 Å². The number of amides is 1. The molecule has 0 aliphatic rings. The lowest BCUT2D eigenvalue weighted by Gasteiger charge is -2.09. The topological polar surface area (TPSA) is 98.3 Å². The number of anilines is 2. The lowest BCUT2D eigenvalue weighted by Crippen LogP contribution is -2.13. The van der Waals surface area contributed by atoms with Crippen molar-refractivity contribution in [2.75, 3.05) is 11.1 Å². The molecule has 2 rings (SSSR count). The van der Waals surface area contributed by atoms with Gasteiger partial charge in [-0.05, 0) is 36.4 Å². The van der Waals surface area contributed by atoms with Crippen LogP contribution < -0.4 is 11.1 Å². The zero-order valence-corrected chi connectivity index (χ0v) is 11.4. The smallest absolute Gasteiger partial charge is 0.393 e. The molecule has 0 spiro atoms. The van der Waals surface area contributed by atoms with Gasteiger partial charge in [-0.15, -0.1) is 0 Å². The molecular weight excluding hydrogens is 315 g/mol. The first-order chi connectivity index (χ1) is 10.7. The van der Waals surface area contributed by atoms with Gasteiger partial charge in [0.1, 0.15) is 5.69 Å². The highest BCUT2D eigenvalue weighted by atomic mass is 19.4. The standard InChI is InChI=1S/C14H10F3N3O3/c15-14(16,17)9-2-4-10(5-3-9)19-13(21)8-1-6-11(18)12(7-8)20(22)23/h1-7H,18H2,(H,19,21). The van der Waals surface area contributed by atoms with E-state index in [0.717, 1.165) is 30.3 Å². The Kier molecular flexibility index (Phi) is 4.21. The van der Waals surface area contributed by atoms with Crippen molar-refractivity contribution in [2.45, 2.75) is 6.18 Å². The average molecular weight is 325 g/mol. The van der Waals surface area contributed by atoms with Gasteiger partial charge in [0.2, 0.25) is 0 Å².